The molecule has 3 atom stereocenters. The highest BCUT2D eigenvalue weighted by molar-refractivity contribution is 5.84. The topological polar surface area (TPSA) is 88.8 Å². The molecule has 1 saturated heterocycles. The SMILES string of the molecule is Cc1cccn2c(C(C)(C)NC(=O)C3[C@H]4CN(C(=O)OC(C)(C)C)C[C@@H]34)nnc12. The number of carbonyl (C=O) groups excluding carboxylic acids is 2. The van der Waals surface area contributed by atoms with Crippen molar-refractivity contribution in [3.63, 3.8) is 0 Å². The Kier molecular flexibility index (Phi) is 4.36. The minimum Gasteiger partial charge on any atom is -0.444 e. The fraction of sp³-hybridized carbons (Fsp3) is 0.619. The molecule has 1 unspecified atom stereocenters. The Hall–Kier alpha value is -2.64. The molecule has 2 aromatic rings. The van der Waals surface area contributed by atoms with Crippen molar-refractivity contribution >= 4 is 17.6 Å². The van der Waals surface area contributed by atoms with E-state index in [2.05, 4.69) is 15.5 Å². The van der Waals surface area contributed by atoms with Crippen molar-refractivity contribution in [1.29, 1.82) is 0 Å². The Morgan fingerprint density at radius 2 is 1.79 bits per heavy atom. The van der Waals surface area contributed by atoms with Crippen LogP contribution in [-0.2, 0) is 15.1 Å². The average Bonchev–Trinajstić information content (AvgIpc) is 2.96. The summed E-state index contributed by atoms with van der Waals surface area (Å²) in [6.45, 7) is 12.6. The lowest BCUT2D eigenvalue weighted by Gasteiger charge is -2.27. The van der Waals surface area contributed by atoms with Crippen LogP contribution in [0.2, 0.25) is 0 Å². The molecule has 0 spiro atoms. The maximum Gasteiger partial charge on any atom is 0.410 e. The number of aryl methyl sites for hydroxylation is 1. The third-order valence-corrected chi connectivity index (χ3v) is 5.77. The number of hydrogen-bond acceptors (Lipinski definition) is 5. The summed E-state index contributed by atoms with van der Waals surface area (Å²) in [5, 5.41) is 11.7. The van der Waals surface area contributed by atoms with E-state index in [1.54, 1.807) is 4.90 Å². The summed E-state index contributed by atoms with van der Waals surface area (Å²) in [6.07, 6.45) is 1.62. The summed E-state index contributed by atoms with van der Waals surface area (Å²) in [6, 6.07) is 3.94. The first-order chi connectivity index (χ1) is 13.5. The zero-order valence-electron chi connectivity index (χ0n) is 17.9. The average molecular weight is 399 g/mol. The zero-order chi connectivity index (χ0) is 21.1. The molecule has 8 heteroatoms. The van der Waals surface area contributed by atoms with Gasteiger partial charge in [-0.05, 0) is 65.0 Å². The van der Waals surface area contributed by atoms with Gasteiger partial charge in [-0.25, -0.2) is 4.79 Å². The maximum absolute atomic E-state index is 12.9. The summed E-state index contributed by atoms with van der Waals surface area (Å²) in [5.74, 6) is 1.06. The molecule has 1 N–H and O–H groups in total. The molecule has 2 aliphatic rings. The predicted molar refractivity (Wildman–Crippen MR) is 107 cm³/mol. The number of amides is 2. The van der Waals surface area contributed by atoms with Gasteiger partial charge in [0, 0.05) is 25.2 Å². The van der Waals surface area contributed by atoms with Crippen molar-refractivity contribution in [3.8, 4) is 0 Å². The van der Waals surface area contributed by atoms with Crippen LogP contribution in [-0.4, -0.2) is 50.2 Å². The Morgan fingerprint density at radius 3 is 2.41 bits per heavy atom. The van der Waals surface area contributed by atoms with Crippen LogP contribution in [0.25, 0.3) is 5.65 Å². The first-order valence-corrected chi connectivity index (χ1v) is 10.1. The van der Waals surface area contributed by atoms with E-state index in [-0.39, 0.29) is 29.8 Å². The molecule has 2 amide bonds. The second-order valence-corrected chi connectivity index (χ2v) is 9.76. The summed E-state index contributed by atoms with van der Waals surface area (Å²) >= 11 is 0. The van der Waals surface area contributed by atoms with Crippen molar-refractivity contribution in [1.82, 2.24) is 24.8 Å². The molecule has 3 heterocycles. The van der Waals surface area contributed by atoms with E-state index in [0.717, 1.165) is 11.2 Å². The van der Waals surface area contributed by atoms with Crippen LogP contribution in [0.1, 0.15) is 46.0 Å². The maximum atomic E-state index is 12.9. The van der Waals surface area contributed by atoms with E-state index in [4.69, 9.17) is 4.74 Å². The third-order valence-electron chi connectivity index (χ3n) is 5.77. The molecule has 2 fully saturated rings. The number of piperidine rings is 1. The normalized spacial score (nSPS) is 23.8. The largest absolute Gasteiger partial charge is 0.444 e. The van der Waals surface area contributed by atoms with Gasteiger partial charge in [-0.1, -0.05) is 6.07 Å². The van der Waals surface area contributed by atoms with Gasteiger partial charge in [0.25, 0.3) is 0 Å². The van der Waals surface area contributed by atoms with E-state index >= 15 is 0 Å². The number of pyridine rings is 1. The fourth-order valence-corrected chi connectivity index (χ4v) is 4.31. The van der Waals surface area contributed by atoms with Gasteiger partial charge in [0.15, 0.2) is 11.5 Å². The lowest BCUT2D eigenvalue weighted by molar-refractivity contribution is -0.125. The van der Waals surface area contributed by atoms with Crippen molar-refractivity contribution in [2.45, 2.75) is 52.7 Å². The van der Waals surface area contributed by atoms with Gasteiger partial charge < -0.3 is 15.0 Å². The van der Waals surface area contributed by atoms with Crippen molar-refractivity contribution in [3.05, 3.63) is 29.7 Å². The van der Waals surface area contributed by atoms with Crippen LogP contribution < -0.4 is 5.32 Å². The molecular formula is C21H29N5O3. The zero-order valence-corrected chi connectivity index (χ0v) is 17.9. The summed E-state index contributed by atoms with van der Waals surface area (Å²) in [7, 11) is 0. The monoisotopic (exact) mass is 399 g/mol. The van der Waals surface area contributed by atoms with Gasteiger partial charge in [0.05, 0.1) is 5.54 Å². The second-order valence-electron chi connectivity index (χ2n) is 9.76. The molecule has 1 aliphatic heterocycles. The standard InChI is InChI=1S/C21H29N5O3/c1-12-8-7-9-26-16(12)23-24-18(26)21(5,6)22-17(27)15-13-10-25(11-14(13)15)19(28)29-20(2,3)4/h7-9,13-15H,10-11H2,1-6H3,(H,22,27)/t13-,14+,15?. The van der Waals surface area contributed by atoms with Crippen LogP contribution in [0.5, 0.6) is 0 Å². The number of nitrogens with one attached hydrogen (secondary N) is 1. The molecule has 29 heavy (non-hydrogen) atoms. The highest BCUT2D eigenvalue weighted by Crippen LogP contribution is 2.52. The van der Waals surface area contributed by atoms with Gasteiger partial charge >= 0.3 is 6.09 Å². The predicted octanol–water partition coefficient (Wildman–Crippen LogP) is 2.50. The van der Waals surface area contributed by atoms with E-state index in [1.807, 2.05) is 64.3 Å². The second kappa shape index (κ2) is 6.43. The summed E-state index contributed by atoms with van der Waals surface area (Å²) in [4.78, 5) is 26.9. The smallest absolute Gasteiger partial charge is 0.410 e. The van der Waals surface area contributed by atoms with Crippen LogP contribution >= 0.6 is 0 Å². The van der Waals surface area contributed by atoms with Gasteiger partial charge in [-0.2, -0.15) is 0 Å². The first-order valence-electron chi connectivity index (χ1n) is 10.1. The molecule has 0 radical (unpaired) electrons. The van der Waals surface area contributed by atoms with E-state index < -0.39 is 11.1 Å². The van der Waals surface area contributed by atoms with Crippen molar-refractivity contribution in [2.24, 2.45) is 17.8 Å². The number of rotatable bonds is 3. The highest BCUT2D eigenvalue weighted by Gasteiger charge is 2.61. The highest BCUT2D eigenvalue weighted by atomic mass is 16.6. The third kappa shape index (κ3) is 3.56. The van der Waals surface area contributed by atoms with Crippen LogP contribution in [0.15, 0.2) is 18.3 Å². The minimum absolute atomic E-state index is 0.0123. The molecule has 0 bridgehead atoms. The Bertz CT molecular complexity index is 962. The Balaban J connectivity index is 1.40. The minimum atomic E-state index is -0.661. The van der Waals surface area contributed by atoms with Gasteiger partial charge in [0.1, 0.15) is 5.60 Å². The number of carbonyl (C=O) groups is 2. The number of aromatic nitrogens is 3. The van der Waals surface area contributed by atoms with Crippen molar-refractivity contribution in [2.75, 3.05) is 13.1 Å². The van der Waals surface area contributed by atoms with Crippen LogP contribution in [0.3, 0.4) is 0 Å². The number of hydrogen-bond donors (Lipinski definition) is 1. The van der Waals surface area contributed by atoms with Crippen molar-refractivity contribution < 1.29 is 14.3 Å². The molecule has 156 valence electrons. The van der Waals surface area contributed by atoms with Gasteiger partial charge in [0.2, 0.25) is 5.91 Å². The fourth-order valence-electron chi connectivity index (χ4n) is 4.31. The Labute approximate surface area is 170 Å². The van der Waals surface area contributed by atoms with Crippen LogP contribution in [0, 0.1) is 24.7 Å². The summed E-state index contributed by atoms with van der Waals surface area (Å²) in [5.41, 5.74) is 0.657. The molecule has 0 aromatic carbocycles. The van der Waals surface area contributed by atoms with Gasteiger partial charge in [-0.15, -0.1) is 10.2 Å². The van der Waals surface area contributed by atoms with E-state index in [9.17, 15) is 9.59 Å². The number of fused-ring (bicyclic) bond motifs is 2. The lowest BCUT2D eigenvalue weighted by atomic mass is 10.0. The Morgan fingerprint density at radius 1 is 1.14 bits per heavy atom. The molecule has 8 nitrogen and oxygen atoms in total. The molecule has 4 rings (SSSR count). The molecule has 2 aromatic heterocycles. The molecule has 1 aliphatic carbocycles. The lowest BCUT2D eigenvalue weighted by Crippen LogP contribution is -2.45. The van der Waals surface area contributed by atoms with E-state index in [1.165, 1.54) is 0 Å². The molecular weight excluding hydrogens is 370 g/mol. The molecule has 1 saturated carbocycles. The number of ether oxygens (including phenoxy) is 1. The number of likely N-dealkylation sites (tertiary alicyclic amines) is 1. The number of nitrogens with zero attached hydrogens (tertiary/aromatic N) is 4. The summed E-state index contributed by atoms with van der Waals surface area (Å²) < 4.78 is 7.36. The van der Waals surface area contributed by atoms with Crippen LogP contribution in [0.4, 0.5) is 4.79 Å². The van der Waals surface area contributed by atoms with Gasteiger partial charge in [-0.3, -0.25) is 9.20 Å². The quantitative estimate of drug-likeness (QED) is 0.857. The first kappa shape index (κ1) is 19.7. The van der Waals surface area contributed by atoms with E-state index in [0.29, 0.717) is 18.9 Å².